The Hall–Kier alpha value is -6.14. The Kier molecular flexibility index (Phi) is 14.9. The molecule has 0 bridgehead atoms. The Morgan fingerprint density at radius 2 is 0.742 bits per heavy atom. The van der Waals surface area contributed by atoms with E-state index >= 15 is 0 Å². The molecule has 6 aromatic rings. The zero-order valence-corrected chi connectivity index (χ0v) is 36.7. The van der Waals surface area contributed by atoms with E-state index in [0.717, 1.165) is 8.61 Å². The zero-order chi connectivity index (χ0) is 45.5. The molecule has 2 amide bonds. The summed E-state index contributed by atoms with van der Waals surface area (Å²) in [7, 11) is -4.91. The van der Waals surface area contributed by atoms with Crippen LogP contribution in [-0.2, 0) is 20.0 Å². The number of rotatable bonds is 12. The fourth-order valence-electron chi connectivity index (χ4n) is 5.45. The van der Waals surface area contributed by atoms with Crippen LogP contribution in [0.2, 0.25) is 20.1 Å². The molecule has 0 saturated carbocycles. The molecule has 0 saturated heterocycles. The monoisotopic (exact) mass is 956 g/mol. The van der Waals surface area contributed by atoms with E-state index in [2.05, 4.69) is 10.6 Å². The molecule has 0 unspecified atom stereocenters. The van der Waals surface area contributed by atoms with Gasteiger partial charge in [-0.3, -0.25) is 18.2 Å². The summed E-state index contributed by atoms with van der Waals surface area (Å²) < 4.78 is 53.6. The second kappa shape index (κ2) is 19.7. The number of anilines is 4. The summed E-state index contributed by atoms with van der Waals surface area (Å²) in [6.45, 7) is 0. The Morgan fingerprint density at radius 3 is 1.03 bits per heavy atom. The second-order valence-corrected chi connectivity index (χ2v) is 18.5. The highest BCUT2D eigenvalue weighted by molar-refractivity contribution is 7.93. The van der Waals surface area contributed by atoms with Crippen molar-refractivity contribution < 1.29 is 46.2 Å². The van der Waals surface area contributed by atoms with Gasteiger partial charge in [0, 0.05) is 45.3 Å². The van der Waals surface area contributed by atoms with Crippen molar-refractivity contribution in [1.82, 2.24) is 0 Å². The number of nitrogens with zero attached hydrogens (tertiary/aromatic N) is 2. The molecule has 0 heterocycles. The number of carbonyl (C=O) groups excluding carboxylic acids is 2. The zero-order valence-electron chi connectivity index (χ0n) is 32.1. The summed E-state index contributed by atoms with van der Waals surface area (Å²) in [4.78, 5) is 47.7. The van der Waals surface area contributed by atoms with Crippen LogP contribution < -0.4 is 19.2 Å². The molecule has 0 fully saturated rings. The Balaban J connectivity index is 0.000000234. The van der Waals surface area contributed by atoms with Gasteiger partial charge in [-0.25, -0.2) is 26.4 Å². The largest absolute Gasteiger partial charge is 0.478 e. The summed E-state index contributed by atoms with van der Waals surface area (Å²) in [6, 6.07) is 31.3. The molecule has 62 heavy (non-hydrogen) atoms. The van der Waals surface area contributed by atoms with Gasteiger partial charge in [0.05, 0.1) is 43.7 Å². The maximum absolute atomic E-state index is 12.9. The number of sulfonamides is 2. The van der Waals surface area contributed by atoms with Crippen LogP contribution in [0.4, 0.5) is 22.7 Å². The number of amides is 2. The van der Waals surface area contributed by atoms with Crippen molar-refractivity contribution in [2.24, 2.45) is 0 Å². The molecule has 0 atom stereocenters. The highest BCUT2D eigenvalue weighted by Crippen LogP contribution is 2.27. The van der Waals surface area contributed by atoms with Crippen LogP contribution in [0.1, 0.15) is 41.4 Å². The van der Waals surface area contributed by atoms with Crippen LogP contribution in [0, 0.1) is 0 Å². The van der Waals surface area contributed by atoms with Gasteiger partial charge in [-0.05, 0) is 133 Å². The van der Waals surface area contributed by atoms with Crippen LogP contribution in [-0.4, -0.2) is 64.9 Å². The predicted octanol–water partition coefficient (Wildman–Crippen LogP) is 9.54. The first-order chi connectivity index (χ1) is 29.2. The summed E-state index contributed by atoms with van der Waals surface area (Å²) in [5.41, 5.74) is 0.973. The molecule has 20 heteroatoms. The van der Waals surface area contributed by atoms with Crippen LogP contribution in [0.25, 0.3) is 0 Å². The minimum Gasteiger partial charge on any atom is -0.478 e. The van der Waals surface area contributed by atoms with Gasteiger partial charge in [0.2, 0.25) is 0 Å². The van der Waals surface area contributed by atoms with Crippen molar-refractivity contribution in [3.05, 3.63) is 176 Å². The number of aromatic carboxylic acids is 2. The molecule has 6 rings (SSSR count). The van der Waals surface area contributed by atoms with Gasteiger partial charge in [0.1, 0.15) is 0 Å². The van der Waals surface area contributed by atoms with Crippen molar-refractivity contribution in [1.29, 1.82) is 0 Å². The third-order valence-corrected chi connectivity index (χ3v) is 13.4. The van der Waals surface area contributed by atoms with Gasteiger partial charge < -0.3 is 20.8 Å². The molecule has 0 aromatic heterocycles. The minimum atomic E-state index is -3.86. The van der Waals surface area contributed by atoms with Gasteiger partial charge in [-0.2, -0.15) is 0 Å². The van der Waals surface area contributed by atoms with E-state index in [1.54, 1.807) is 48.5 Å². The predicted molar refractivity (Wildman–Crippen MR) is 240 cm³/mol. The van der Waals surface area contributed by atoms with Gasteiger partial charge in [-0.15, -0.1) is 0 Å². The third kappa shape index (κ3) is 11.2. The number of halogens is 4. The summed E-state index contributed by atoms with van der Waals surface area (Å²) >= 11 is 23.3. The van der Waals surface area contributed by atoms with E-state index < -0.39 is 43.8 Å². The van der Waals surface area contributed by atoms with Gasteiger partial charge in [0.15, 0.2) is 0 Å². The SMILES string of the molecule is CN(c1ccc(Cl)cc1)S(=O)(=O)c1ccc(C(=O)Nc2ccc(Cl)cc2C(=O)O)cc1.CN(c1ccc(Cl)cc1)S(=O)(=O)c1ccc(C(=O)Nc2ccc(Cl)cc2C(=O)O)cc1. The lowest BCUT2D eigenvalue weighted by atomic mass is 10.1. The summed E-state index contributed by atoms with van der Waals surface area (Å²) in [5.74, 6) is -3.69. The summed E-state index contributed by atoms with van der Waals surface area (Å²) in [5, 5.41) is 24.9. The Labute approximate surface area is 376 Å². The van der Waals surface area contributed by atoms with E-state index in [4.69, 9.17) is 46.4 Å². The first-order valence-electron chi connectivity index (χ1n) is 17.6. The van der Waals surface area contributed by atoms with Gasteiger partial charge >= 0.3 is 11.9 Å². The van der Waals surface area contributed by atoms with Crippen LogP contribution in [0.3, 0.4) is 0 Å². The number of benzene rings is 6. The van der Waals surface area contributed by atoms with E-state index in [0.29, 0.717) is 21.4 Å². The van der Waals surface area contributed by atoms with Gasteiger partial charge in [0.25, 0.3) is 31.9 Å². The van der Waals surface area contributed by atoms with Gasteiger partial charge in [-0.1, -0.05) is 46.4 Å². The highest BCUT2D eigenvalue weighted by Gasteiger charge is 2.24. The second-order valence-electron chi connectivity index (χ2n) is 12.8. The van der Waals surface area contributed by atoms with Crippen molar-refractivity contribution >= 4 is 113 Å². The van der Waals surface area contributed by atoms with Crippen LogP contribution in [0.5, 0.6) is 0 Å². The minimum absolute atomic E-state index is 0.0146. The van der Waals surface area contributed by atoms with Crippen LogP contribution >= 0.6 is 46.4 Å². The first-order valence-corrected chi connectivity index (χ1v) is 22.0. The molecule has 0 aliphatic heterocycles. The number of carboxylic acids is 2. The molecular formula is C42H32Cl4N4O10S2. The average Bonchev–Trinajstić information content (AvgIpc) is 3.25. The Bertz CT molecular complexity index is 2690. The van der Waals surface area contributed by atoms with Crippen molar-refractivity contribution in [3.8, 4) is 0 Å². The number of carboxylic acid groups (broad SMARTS) is 2. The van der Waals surface area contributed by atoms with Crippen molar-refractivity contribution in [2.75, 3.05) is 33.3 Å². The Morgan fingerprint density at radius 1 is 0.452 bits per heavy atom. The molecule has 0 aliphatic rings. The first kappa shape index (κ1) is 46.9. The fourth-order valence-corrected chi connectivity index (χ4v) is 8.43. The number of hydrogen-bond acceptors (Lipinski definition) is 8. The molecule has 0 aliphatic carbocycles. The fraction of sp³-hybridized carbons (Fsp3) is 0.0476. The third-order valence-electron chi connectivity index (χ3n) is 8.85. The molecule has 0 spiro atoms. The smallest absolute Gasteiger partial charge is 0.337 e. The topological polar surface area (TPSA) is 208 Å². The standard InChI is InChI=1S/2C21H16Cl2N2O5S/c2*1-25(16-7-4-14(22)5-8-16)31(29,30)17-9-2-13(3-10-17)20(26)24-19-11-6-15(23)12-18(19)21(27)28/h2*2-12H,1H3,(H,24,26)(H,27,28). The number of nitrogens with one attached hydrogen (secondary N) is 2. The molecular weight excluding hydrogens is 926 g/mol. The average molecular weight is 959 g/mol. The van der Waals surface area contributed by atoms with Crippen molar-refractivity contribution in [2.45, 2.75) is 9.79 Å². The lowest BCUT2D eigenvalue weighted by molar-refractivity contribution is 0.0687. The maximum Gasteiger partial charge on any atom is 0.337 e. The van der Waals surface area contributed by atoms with E-state index in [9.17, 15) is 46.2 Å². The lowest BCUT2D eigenvalue weighted by Gasteiger charge is -2.19. The summed E-state index contributed by atoms with van der Waals surface area (Å²) in [6.07, 6.45) is 0. The van der Waals surface area contributed by atoms with Crippen molar-refractivity contribution in [3.63, 3.8) is 0 Å². The van der Waals surface area contributed by atoms with E-state index in [-0.39, 0.29) is 53.5 Å². The lowest BCUT2D eigenvalue weighted by Crippen LogP contribution is -2.26. The molecule has 0 radical (unpaired) electrons. The molecule has 14 nitrogen and oxygen atoms in total. The van der Waals surface area contributed by atoms with E-state index in [1.165, 1.54) is 99.0 Å². The van der Waals surface area contributed by atoms with E-state index in [1.807, 2.05) is 0 Å². The molecule has 4 N–H and O–H groups in total. The normalized spacial score (nSPS) is 11.1. The number of carbonyl (C=O) groups is 4. The maximum atomic E-state index is 12.9. The quantitative estimate of drug-likeness (QED) is 0.0913. The molecule has 320 valence electrons. The highest BCUT2D eigenvalue weighted by atomic mass is 35.5. The number of hydrogen-bond donors (Lipinski definition) is 4. The molecule has 6 aromatic carbocycles. The van der Waals surface area contributed by atoms with Crippen LogP contribution in [0.15, 0.2) is 143 Å².